The number of hydrogen-bond acceptors (Lipinski definition) is 2. The van der Waals surface area contributed by atoms with Crippen molar-refractivity contribution in [3.8, 4) is 0 Å². The molecule has 12 heteroatoms. The molecule has 0 fully saturated rings. The zero-order valence-electron chi connectivity index (χ0n) is 25.8. The van der Waals surface area contributed by atoms with Crippen LogP contribution in [0.15, 0.2) is 0 Å². The van der Waals surface area contributed by atoms with Crippen molar-refractivity contribution in [1.82, 2.24) is 0 Å². The molecule has 0 N–H and O–H groups in total. The summed E-state index contributed by atoms with van der Waals surface area (Å²) in [6.45, 7) is 34.5. The normalized spacial score (nSPS) is 13.7. The van der Waals surface area contributed by atoms with Crippen LogP contribution in [0.1, 0.15) is 111 Å². The summed E-state index contributed by atoms with van der Waals surface area (Å²) >= 11 is 27.4. The summed E-state index contributed by atoms with van der Waals surface area (Å²) in [5.41, 5.74) is 3.05. The van der Waals surface area contributed by atoms with Crippen LogP contribution in [0, 0.1) is 0 Å². The molecule has 0 atom stereocenters. The summed E-state index contributed by atoms with van der Waals surface area (Å²) in [6, 6.07) is 0. The maximum absolute atomic E-state index is 6.85. The van der Waals surface area contributed by atoms with Crippen LogP contribution in [-0.4, -0.2) is 30.5 Å². The minimum Gasteiger partial charge on any atom is -0.432 e. The van der Waals surface area contributed by atoms with Crippen LogP contribution in [0.25, 0.3) is 0 Å². The van der Waals surface area contributed by atoms with Gasteiger partial charge in [-0.05, 0) is 44.3 Å². The maximum Gasteiger partial charge on any atom is 0.286 e. The molecule has 0 aromatic rings. The fourth-order valence-electron chi connectivity index (χ4n) is 4.09. The van der Waals surface area contributed by atoms with Gasteiger partial charge in [0.15, 0.2) is 0 Å². The molecule has 0 aromatic heterocycles. The topological polar surface area (TPSA) is 18.5 Å². The first kappa shape index (κ1) is 45.5. The van der Waals surface area contributed by atoms with Crippen LogP contribution in [0.5, 0.6) is 0 Å². The first-order valence-electron chi connectivity index (χ1n) is 13.1. The van der Waals surface area contributed by atoms with E-state index in [9.17, 15) is 0 Å². The summed E-state index contributed by atoms with van der Waals surface area (Å²) in [7, 11) is -9.05. The average molecular weight is 704 g/mol. The smallest absolute Gasteiger partial charge is 0.286 e. The van der Waals surface area contributed by atoms with E-state index >= 15 is 0 Å². The van der Waals surface area contributed by atoms with Crippen molar-refractivity contribution in [3.05, 3.63) is 0 Å². The van der Waals surface area contributed by atoms with Gasteiger partial charge in [0.1, 0.15) is 0 Å². The van der Waals surface area contributed by atoms with Crippen molar-refractivity contribution in [3.63, 3.8) is 0 Å². The average Bonchev–Trinajstić information content (AvgIpc) is 2.66. The van der Waals surface area contributed by atoms with E-state index in [4.69, 9.17) is 52.5 Å². The van der Waals surface area contributed by atoms with E-state index in [1.165, 1.54) is 0 Å². The molecule has 0 unspecified atom stereocenters. The Hall–Kier alpha value is 2.53. The Labute approximate surface area is 261 Å². The SMILES string of the molecule is CC(C)[Si](Cl)(O[Si](Cl)(C(C)C)C(C)C)C(C)C.CC(C)[Si](Cl)(O[Si](Cl)(C(C)C)C(C)C)C(C)C.Cl.Cl. The fourth-order valence-corrected chi connectivity index (χ4v) is 26.1. The van der Waals surface area contributed by atoms with Gasteiger partial charge in [-0.15, -0.1) is 69.1 Å². The molecule has 0 aliphatic rings. The lowest BCUT2D eigenvalue weighted by Crippen LogP contribution is -2.52. The Balaban J connectivity index is -0.000000269. The summed E-state index contributed by atoms with van der Waals surface area (Å²) in [6.07, 6.45) is 0. The second-order valence-electron chi connectivity index (χ2n) is 12.2. The molecule has 0 rings (SSSR count). The van der Waals surface area contributed by atoms with Gasteiger partial charge in [-0.25, -0.2) is 0 Å². The molecule has 0 heterocycles. The maximum atomic E-state index is 6.85. The largest absolute Gasteiger partial charge is 0.432 e. The predicted octanol–water partition coefficient (Wildman–Crippen LogP) is 12.9. The zero-order valence-corrected chi connectivity index (χ0v) is 34.4. The van der Waals surface area contributed by atoms with E-state index in [1.807, 2.05) is 0 Å². The lowest BCUT2D eigenvalue weighted by atomic mass is 10.5. The van der Waals surface area contributed by atoms with Crippen LogP contribution in [0.4, 0.5) is 0 Å². The first-order valence-corrected chi connectivity index (χ1v) is 25.4. The summed E-state index contributed by atoms with van der Waals surface area (Å²) in [4.78, 5) is 0. The van der Waals surface area contributed by atoms with Gasteiger partial charge in [0.25, 0.3) is 30.5 Å². The third kappa shape index (κ3) is 11.8. The van der Waals surface area contributed by atoms with Crippen LogP contribution in [0.3, 0.4) is 0 Å². The molecule has 0 saturated heterocycles. The molecule has 0 aliphatic carbocycles. The van der Waals surface area contributed by atoms with E-state index in [0.29, 0.717) is 44.3 Å². The lowest BCUT2D eigenvalue weighted by molar-refractivity contribution is 0.498. The molecule has 0 bridgehead atoms. The quantitative estimate of drug-likeness (QED) is 0.149. The molecule has 0 aliphatic heterocycles. The van der Waals surface area contributed by atoms with Crippen molar-refractivity contribution in [2.24, 2.45) is 0 Å². The van der Waals surface area contributed by atoms with Gasteiger partial charge in [-0.2, -0.15) is 0 Å². The van der Waals surface area contributed by atoms with Crippen LogP contribution >= 0.6 is 69.1 Å². The fraction of sp³-hybridized carbons (Fsp3) is 1.00. The molecular formula is C24H58Cl6O2Si4. The van der Waals surface area contributed by atoms with Crippen LogP contribution < -0.4 is 0 Å². The predicted molar refractivity (Wildman–Crippen MR) is 184 cm³/mol. The minimum atomic E-state index is -2.26. The molecular weight excluding hydrogens is 645 g/mol. The van der Waals surface area contributed by atoms with Gasteiger partial charge in [0.05, 0.1) is 0 Å². The zero-order chi connectivity index (χ0) is 28.0. The second kappa shape index (κ2) is 18.1. The molecule has 36 heavy (non-hydrogen) atoms. The molecule has 0 spiro atoms. The number of hydrogen-bond donors (Lipinski definition) is 0. The Kier molecular flexibility index (Phi) is 22.9. The Morgan fingerprint density at radius 3 is 0.444 bits per heavy atom. The van der Waals surface area contributed by atoms with Gasteiger partial charge < -0.3 is 8.23 Å². The minimum absolute atomic E-state index is 0. The Morgan fingerprint density at radius 2 is 0.389 bits per heavy atom. The highest BCUT2D eigenvalue weighted by atomic mass is 35.6. The van der Waals surface area contributed by atoms with Gasteiger partial charge in [-0.1, -0.05) is 111 Å². The van der Waals surface area contributed by atoms with E-state index in [0.717, 1.165) is 0 Å². The molecule has 0 radical (unpaired) electrons. The van der Waals surface area contributed by atoms with E-state index in [-0.39, 0.29) is 24.8 Å². The third-order valence-electron chi connectivity index (χ3n) is 6.92. The van der Waals surface area contributed by atoms with Crippen molar-refractivity contribution >= 4 is 99.6 Å². The lowest BCUT2D eigenvalue weighted by Gasteiger charge is -2.43. The van der Waals surface area contributed by atoms with Crippen molar-refractivity contribution < 1.29 is 8.23 Å². The highest BCUT2D eigenvalue weighted by molar-refractivity contribution is 7.28. The Bertz CT molecular complexity index is 461. The monoisotopic (exact) mass is 700 g/mol. The first-order chi connectivity index (χ1) is 15.0. The molecule has 0 amide bonds. The standard InChI is InChI=1S/2C12H28Cl2OSi2.2ClH/c2*1-9(2)16(13,10(3)4)15-17(14,11(5)6)12(7)8;;/h2*9-12H,1-8H3;2*1H. The van der Waals surface area contributed by atoms with Gasteiger partial charge in [0.2, 0.25) is 0 Å². The third-order valence-corrected chi connectivity index (χ3v) is 37.8. The number of halogens is 6. The van der Waals surface area contributed by atoms with Crippen molar-refractivity contribution in [1.29, 1.82) is 0 Å². The molecule has 2 nitrogen and oxygen atoms in total. The van der Waals surface area contributed by atoms with Gasteiger partial charge >= 0.3 is 0 Å². The molecule has 0 saturated carbocycles. The molecule has 224 valence electrons. The highest BCUT2D eigenvalue weighted by Crippen LogP contribution is 2.47. The van der Waals surface area contributed by atoms with E-state index < -0.39 is 30.5 Å². The highest BCUT2D eigenvalue weighted by Gasteiger charge is 2.52. The summed E-state index contributed by atoms with van der Waals surface area (Å²) in [5.74, 6) is 0. The summed E-state index contributed by atoms with van der Waals surface area (Å²) < 4.78 is 13.0. The van der Waals surface area contributed by atoms with E-state index in [2.05, 4.69) is 111 Å². The summed E-state index contributed by atoms with van der Waals surface area (Å²) in [5, 5.41) is 0. The van der Waals surface area contributed by atoms with Crippen molar-refractivity contribution in [2.75, 3.05) is 0 Å². The van der Waals surface area contributed by atoms with Crippen molar-refractivity contribution in [2.45, 2.75) is 155 Å². The Morgan fingerprint density at radius 1 is 0.306 bits per heavy atom. The van der Waals surface area contributed by atoms with Gasteiger partial charge in [-0.3, -0.25) is 0 Å². The number of rotatable bonds is 12. The van der Waals surface area contributed by atoms with Crippen LogP contribution in [-0.2, 0) is 8.23 Å². The van der Waals surface area contributed by atoms with Crippen LogP contribution in [0.2, 0.25) is 44.3 Å². The second-order valence-corrected chi connectivity index (χ2v) is 35.8. The van der Waals surface area contributed by atoms with E-state index in [1.54, 1.807) is 0 Å². The molecule has 0 aromatic carbocycles. The van der Waals surface area contributed by atoms with Gasteiger partial charge in [0, 0.05) is 0 Å².